The van der Waals surface area contributed by atoms with E-state index >= 15 is 0 Å². The third kappa shape index (κ3) is 8.73. The third-order valence-electron chi connectivity index (χ3n) is 15.3. The van der Waals surface area contributed by atoms with E-state index in [4.69, 9.17) is 0 Å². The fraction of sp³-hybridized carbons (Fsp3) is 0.0141. The average molecular weight is 1110 g/mol. The Morgan fingerprint density at radius 3 is 0.860 bits per heavy atom. The Bertz CT molecular complexity index is 5230. The minimum atomic E-state index is -4.83. The second-order valence-corrected chi connectivity index (χ2v) is 19.9. The van der Waals surface area contributed by atoms with Crippen molar-refractivity contribution >= 4 is 43.6 Å². The molecular weight excluding hydrogens is 1080 g/mol. The summed E-state index contributed by atoms with van der Waals surface area (Å²) in [6, 6.07) is 68.5. The molecule has 12 rings (SSSR count). The summed E-state index contributed by atoms with van der Waals surface area (Å²) in [5.41, 5.74) is 8.12. The van der Waals surface area contributed by atoms with E-state index in [0.29, 0.717) is 88.1 Å². The first kappa shape index (κ1) is 53.1. The summed E-state index contributed by atoms with van der Waals surface area (Å²) < 4.78 is 47.4. The van der Waals surface area contributed by atoms with Gasteiger partial charge in [-0.1, -0.05) is 54.6 Å². The second kappa shape index (κ2) is 20.9. The van der Waals surface area contributed by atoms with Crippen molar-refractivity contribution in [2.24, 2.45) is 0 Å². The molecule has 0 atom stereocenters. The van der Waals surface area contributed by atoms with Crippen LogP contribution in [-0.2, 0) is 6.18 Å². The predicted molar refractivity (Wildman–Crippen MR) is 314 cm³/mol. The van der Waals surface area contributed by atoms with Gasteiger partial charge in [-0.15, -0.1) is 0 Å². The largest absolute Gasteiger partial charge is 0.416 e. The zero-order chi connectivity index (χ0) is 60.1. The molecule has 0 spiro atoms. The molecule has 0 N–H and O–H groups in total. The lowest BCUT2D eigenvalue weighted by Gasteiger charge is -2.20. The minimum absolute atomic E-state index is 0.0783. The van der Waals surface area contributed by atoms with E-state index in [2.05, 4.69) is 54.6 Å². The van der Waals surface area contributed by atoms with Crippen LogP contribution < -0.4 is 0 Å². The predicted octanol–water partition coefficient (Wildman–Crippen LogP) is 16.0. The Labute approximate surface area is 487 Å². The Balaban J connectivity index is 1.19. The van der Waals surface area contributed by atoms with E-state index < -0.39 is 11.7 Å². The van der Waals surface area contributed by atoms with Crippen molar-refractivity contribution < 1.29 is 13.2 Å². The maximum absolute atomic E-state index is 14.6. The molecule has 0 aliphatic heterocycles. The average Bonchev–Trinajstić information content (AvgIpc) is 2.00. The van der Waals surface area contributed by atoms with Crippen LogP contribution in [0.5, 0.6) is 0 Å². The zero-order valence-corrected chi connectivity index (χ0v) is 44.2. The van der Waals surface area contributed by atoms with Crippen LogP contribution in [0.2, 0.25) is 0 Å². The number of aromatic nitrogens is 2. The highest BCUT2D eigenvalue weighted by atomic mass is 19.4. The van der Waals surface area contributed by atoms with Gasteiger partial charge in [-0.3, -0.25) is 0 Å². The first-order chi connectivity index (χ1) is 41.8. The molecule has 0 radical (unpaired) electrons. The first-order valence-corrected chi connectivity index (χ1v) is 25.9. The number of hydrogen-bond acceptors (Lipinski definition) is 10. The summed E-state index contributed by atoms with van der Waals surface area (Å²) >= 11 is 0. The van der Waals surface area contributed by atoms with Gasteiger partial charge in [-0.2, -0.15) is 65.8 Å². The fourth-order valence-electron chi connectivity index (χ4n) is 11.4. The smallest absolute Gasteiger partial charge is 0.309 e. The number of nitriles is 10. The highest BCUT2D eigenvalue weighted by molar-refractivity contribution is 6.14. The summed E-state index contributed by atoms with van der Waals surface area (Å²) in [6.07, 6.45) is -4.83. The van der Waals surface area contributed by atoms with Crippen LogP contribution in [0.25, 0.3) is 111 Å². The molecular formula is C71H29F3N12. The number of fused-ring (bicyclic) bond motifs is 6. The minimum Gasteiger partial charge on any atom is -0.309 e. The van der Waals surface area contributed by atoms with E-state index in [9.17, 15) is 65.8 Å². The number of hydrogen-bond donors (Lipinski definition) is 0. The van der Waals surface area contributed by atoms with Crippen LogP contribution in [0.3, 0.4) is 0 Å². The number of halogens is 3. The topological polar surface area (TPSA) is 248 Å². The lowest BCUT2D eigenvalue weighted by Crippen LogP contribution is -2.07. The molecule has 0 bridgehead atoms. The standard InChI is InChI=1S/C71H29F3N12/c72-71(73,74)54-9-14-59(52(23-54)38-83)64-29-69(85-65-15-5-44(55-10-1-40(30-75)19-48(55)34-79)24-60(65)61-25-45(6-16-66(61)85)56-11-2-41(31-76)20-49(56)35-80)53(39-84)28-70(64)86-67-17-7-46(57-12-3-42(32-77)21-50(57)36-81)26-62(67)63-27-47(8-18-68(63)86)58-13-4-43(33-78)22-51(58)37-82/h1-29H. The maximum Gasteiger partial charge on any atom is 0.416 e. The Kier molecular flexibility index (Phi) is 12.9. The van der Waals surface area contributed by atoms with Crippen molar-refractivity contribution in [3.63, 3.8) is 0 Å². The lowest BCUT2D eigenvalue weighted by atomic mass is 9.94. The van der Waals surface area contributed by atoms with Gasteiger partial charge in [0.1, 0.15) is 6.07 Å². The van der Waals surface area contributed by atoms with Gasteiger partial charge in [-0.25, -0.2) is 0 Å². The maximum atomic E-state index is 14.6. The molecule has 394 valence electrons. The quantitative estimate of drug-likeness (QED) is 0.146. The zero-order valence-electron chi connectivity index (χ0n) is 44.2. The van der Waals surface area contributed by atoms with Gasteiger partial charge in [-0.05, 0) is 166 Å². The van der Waals surface area contributed by atoms with Crippen molar-refractivity contribution in [3.8, 4) is 128 Å². The number of rotatable bonds is 7. The van der Waals surface area contributed by atoms with E-state index in [0.717, 1.165) is 12.1 Å². The molecule has 86 heavy (non-hydrogen) atoms. The van der Waals surface area contributed by atoms with Crippen molar-refractivity contribution in [1.82, 2.24) is 9.13 Å². The van der Waals surface area contributed by atoms with E-state index in [1.54, 1.807) is 109 Å². The summed E-state index contributed by atoms with van der Waals surface area (Å²) in [6.45, 7) is 0. The SMILES string of the molecule is N#Cc1ccc(-c2ccc3c(c2)c2cc(-c4ccc(C#N)cc4C#N)ccc2n3-c2cc(-c3ccc(C(F)(F)F)cc3C#N)c(-n3c4ccc(-c5ccc(C#N)cc5C#N)cc4c4cc(-c5ccc(C#N)cc5C#N)ccc43)cc2C#N)c(C#N)c1. The molecule has 12 aromatic rings. The summed E-state index contributed by atoms with van der Waals surface area (Å²) in [5, 5.41) is 105. The molecule has 2 aromatic heterocycles. The van der Waals surface area contributed by atoms with Gasteiger partial charge in [0.15, 0.2) is 0 Å². The van der Waals surface area contributed by atoms with Crippen LogP contribution >= 0.6 is 0 Å². The Morgan fingerprint density at radius 1 is 0.256 bits per heavy atom. The molecule has 0 saturated carbocycles. The fourth-order valence-corrected chi connectivity index (χ4v) is 11.4. The monoisotopic (exact) mass is 1110 g/mol. The number of benzene rings is 10. The molecule has 12 nitrogen and oxygen atoms in total. The third-order valence-corrected chi connectivity index (χ3v) is 15.3. The van der Waals surface area contributed by atoms with Crippen LogP contribution in [0.15, 0.2) is 176 Å². The van der Waals surface area contributed by atoms with Gasteiger partial charge in [0, 0.05) is 32.7 Å². The number of alkyl halides is 3. The van der Waals surface area contributed by atoms with Crippen molar-refractivity contribution in [3.05, 3.63) is 237 Å². The van der Waals surface area contributed by atoms with Crippen LogP contribution in [0, 0.1) is 113 Å². The molecule has 10 aromatic carbocycles. The summed E-state index contributed by atoms with van der Waals surface area (Å²) in [5.74, 6) is 0. The van der Waals surface area contributed by atoms with Crippen LogP contribution in [-0.4, -0.2) is 9.13 Å². The summed E-state index contributed by atoms with van der Waals surface area (Å²) in [4.78, 5) is 0. The summed E-state index contributed by atoms with van der Waals surface area (Å²) in [7, 11) is 0. The normalized spacial score (nSPS) is 10.8. The second-order valence-electron chi connectivity index (χ2n) is 19.9. The molecule has 15 heteroatoms. The molecule has 0 fully saturated rings. The van der Waals surface area contributed by atoms with E-state index in [1.165, 1.54) is 30.3 Å². The molecule has 2 heterocycles. The van der Waals surface area contributed by atoms with Gasteiger partial charge in [0.25, 0.3) is 0 Å². The molecule has 0 saturated heterocycles. The molecule has 0 unspecified atom stereocenters. The van der Waals surface area contributed by atoms with Gasteiger partial charge in [0.05, 0.1) is 149 Å². The van der Waals surface area contributed by atoms with Crippen LogP contribution in [0.4, 0.5) is 13.2 Å². The molecule has 0 aliphatic carbocycles. The van der Waals surface area contributed by atoms with Crippen molar-refractivity contribution in [2.75, 3.05) is 0 Å². The first-order valence-electron chi connectivity index (χ1n) is 25.9. The van der Waals surface area contributed by atoms with Crippen molar-refractivity contribution in [1.29, 1.82) is 52.6 Å². The highest BCUT2D eigenvalue weighted by Gasteiger charge is 2.32. The number of nitrogens with zero attached hydrogens (tertiary/aromatic N) is 12. The molecule has 0 amide bonds. The molecule has 0 aliphatic rings. The van der Waals surface area contributed by atoms with Gasteiger partial charge < -0.3 is 9.13 Å². The van der Waals surface area contributed by atoms with Gasteiger partial charge in [0.2, 0.25) is 0 Å². The Morgan fingerprint density at radius 2 is 0.558 bits per heavy atom. The van der Waals surface area contributed by atoms with E-state index in [1.807, 2.05) is 39.5 Å². The highest BCUT2D eigenvalue weighted by Crippen LogP contribution is 2.46. The van der Waals surface area contributed by atoms with E-state index in [-0.39, 0.29) is 78.1 Å². The van der Waals surface area contributed by atoms with Crippen molar-refractivity contribution in [2.45, 2.75) is 6.18 Å². The lowest BCUT2D eigenvalue weighted by molar-refractivity contribution is -0.137. The van der Waals surface area contributed by atoms with Crippen LogP contribution in [0.1, 0.15) is 61.2 Å². The Hall–Kier alpha value is -13.5. The van der Waals surface area contributed by atoms with Gasteiger partial charge >= 0.3 is 6.18 Å².